The van der Waals surface area contributed by atoms with Crippen molar-refractivity contribution in [1.82, 2.24) is 0 Å². The molecule has 3 heteroatoms. The molecule has 0 saturated carbocycles. The number of hydrogen-bond donors (Lipinski definition) is 1. The van der Waals surface area contributed by atoms with Gasteiger partial charge in [0.15, 0.2) is 5.78 Å². The van der Waals surface area contributed by atoms with E-state index in [-0.39, 0.29) is 11.7 Å². The van der Waals surface area contributed by atoms with Gasteiger partial charge in [-0.3, -0.25) is 4.79 Å². The number of ketones is 1. The van der Waals surface area contributed by atoms with E-state index in [4.69, 9.17) is 10.5 Å². The Labute approximate surface area is 96.6 Å². The molecule has 0 aromatic heterocycles. The van der Waals surface area contributed by atoms with Gasteiger partial charge in [0, 0.05) is 5.92 Å². The number of para-hydroxylation sites is 1. The van der Waals surface area contributed by atoms with Gasteiger partial charge in [-0.25, -0.2) is 0 Å². The molecule has 0 aliphatic heterocycles. The van der Waals surface area contributed by atoms with Crippen molar-refractivity contribution in [2.45, 2.75) is 19.8 Å². The van der Waals surface area contributed by atoms with Gasteiger partial charge >= 0.3 is 0 Å². The van der Waals surface area contributed by atoms with Crippen molar-refractivity contribution in [2.24, 2.45) is 11.7 Å². The van der Waals surface area contributed by atoms with Crippen LogP contribution >= 0.6 is 0 Å². The first-order valence-electron chi connectivity index (χ1n) is 5.58. The van der Waals surface area contributed by atoms with Gasteiger partial charge in [0.2, 0.25) is 0 Å². The Morgan fingerprint density at radius 2 is 2.12 bits per heavy atom. The van der Waals surface area contributed by atoms with E-state index in [1.165, 1.54) is 0 Å². The van der Waals surface area contributed by atoms with Gasteiger partial charge in [-0.15, -0.1) is 0 Å². The van der Waals surface area contributed by atoms with Crippen LogP contribution in [0.15, 0.2) is 24.3 Å². The lowest BCUT2D eigenvalue weighted by Crippen LogP contribution is -2.14. The van der Waals surface area contributed by atoms with E-state index < -0.39 is 0 Å². The number of benzene rings is 1. The second-order valence-electron chi connectivity index (χ2n) is 3.90. The van der Waals surface area contributed by atoms with Gasteiger partial charge in [0.05, 0.1) is 12.7 Å². The fraction of sp³-hybridized carbons (Fsp3) is 0.462. The molecule has 16 heavy (non-hydrogen) atoms. The second kappa shape index (κ2) is 6.28. The molecule has 1 aromatic rings. The molecule has 0 heterocycles. The second-order valence-corrected chi connectivity index (χ2v) is 3.90. The predicted octanol–water partition coefficient (Wildman–Crippen LogP) is 2.25. The summed E-state index contributed by atoms with van der Waals surface area (Å²) in [6, 6.07) is 7.33. The number of carbonyl (C=O) groups is 1. The summed E-state index contributed by atoms with van der Waals surface area (Å²) in [7, 11) is 1.58. The molecule has 88 valence electrons. The van der Waals surface area contributed by atoms with Gasteiger partial charge < -0.3 is 10.5 Å². The Balaban J connectivity index is 2.79. The zero-order valence-electron chi connectivity index (χ0n) is 9.90. The van der Waals surface area contributed by atoms with Crippen LogP contribution in [0.3, 0.4) is 0 Å². The van der Waals surface area contributed by atoms with E-state index in [1.54, 1.807) is 13.2 Å². The molecule has 0 radical (unpaired) electrons. The van der Waals surface area contributed by atoms with Crippen LogP contribution in [-0.4, -0.2) is 19.4 Å². The normalized spacial score (nSPS) is 12.2. The summed E-state index contributed by atoms with van der Waals surface area (Å²) in [4.78, 5) is 12.1. The molecule has 2 N–H and O–H groups in total. The molecule has 0 bridgehead atoms. The summed E-state index contributed by atoms with van der Waals surface area (Å²) < 4.78 is 5.18. The highest BCUT2D eigenvalue weighted by Crippen LogP contribution is 2.22. The minimum atomic E-state index is -0.000139. The lowest BCUT2D eigenvalue weighted by Gasteiger charge is -2.12. The first-order valence-corrected chi connectivity index (χ1v) is 5.58. The Kier molecular flexibility index (Phi) is 4.99. The number of methoxy groups -OCH3 is 1. The van der Waals surface area contributed by atoms with Crippen molar-refractivity contribution in [2.75, 3.05) is 13.7 Å². The highest BCUT2D eigenvalue weighted by atomic mass is 16.5. The molecule has 1 rings (SSSR count). The SMILES string of the molecule is COc1ccccc1C(=O)C(C)CCCN. The molecule has 0 amide bonds. The van der Waals surface area contributed by atoms with E-state index >= 15 is 0 Å². The molecule has 0 aliphatic carbocycles. The maximum Gasteiger partial charge on any atom is 0.169 e. The Morgan fingerprint density at radius 3 is 2.75 bits per heavy atom. The van der Waals surface area contributed by atoms with Gasteiger partial charge in [-0.2, -0.15) is 0 Å². The molecule has 0 fully saturated rings. The highest BCUT2D eigenvalue weighted by Gasteiger charge is 2.17. The Bertz CT molecular complexity index is 350. The van der Waals surface area contributed by atoms with Crippen molar-refractivity contribution in [3.05, 3.63) is 29.8 Å². The van der Waals surface area contributed by atoms with E-state index in [2.05, 4.69) is 0 Å². The molecule has 0 saturated heterocycles. The smallest absolute Gasteiger partial charge is 0.169 e. The first kappa shape index (κ1) is 12.7. The van der Waals surface area contributed by atoms with E-state index in [9.17, 15) is 4.79 Å². The molecule has 1 atom stereocenters. The molecular weight excluding hydrogens is 202 g/mol. The average molecular weight is 221 g/mol. The predicted molar refractivity (Wildman–Crippen MR) is 64.8 cm³/mol. The van der Waals surface area contributed by atoms with Crippen LogP contribution in [-0.2, 0) is 0 Å². The van der Waals surface area contributed by atoms with E-state index in [0.29, 0.717) is 17.9 Å². The van der Waals surface area contributed by atoms with E-state index in [1.807, 2.05) is 25.1 Å². The van der Waals surface area contributed by atoms with Crippen molar-refractivity contribution in [3.63, 3.8) is 0 Å². The number of ether oxygens (including phenoxy) is 1. The zero-order valence-corrected chi connectivity index (χ0v) is 9.90. The van der Waals surface area contributed by atoms with Gasteiger partial charge in [-0.05, 0) is 31.5 Å². The van der Waals surface area contributed by atoms with Crippen molar-refractivity contribution in [1.29, 1.82) is 0 Å². The Morgan fingerprint density at radius 1 is 1.44 bits per heavy atom. The molecule has 0 aliphatic rings. The summed E-state index contributed by atoms with van der Waals surface area (Å²) in [5, 5.41) is 0. The topological polar surface area (TPSA) is 52.3 Å². The number of rotatable bonds is 6. The fourth-order valence-electron chi connectivity index (χ4n) is 1.67. The number of nitrogens with two attached hydrogens (primary N) is 1. The minimum Gasteiger partial charge on any atom is -0.496 e. The van der Waals surface area contributed by atoms with Crippen LogP contribution in [0, 0.1) is 5.92 Å². The summed E-state index contributed by atoms with van der Waals surface area (Å²) in [5.74, 6) is 0.776. The number of hydrogen-bond acceptors (Lipinski definition) is 3. The summed E-state index contributed by atoms with van der Waals surface area (Å²) >= 11 is 0. The van der Waals surface area contributed by atoms with Crippen LogP contribution < -0.4 is 10.5 Å². The molecule has 1 unspecified atom stereocenters. The zero-order chi connectivity index (χ0) is 12.0. The molecule has 3 nitrogen and oxygen atoms in total. The standard InChI is InChI=1S/C13H19NO2/c1-10(6-5-9-14)13(15)11-7-3-4-8-12(11)16-2/h3-4,7-8,10H,5-6,9,14H2,1-2H3. The number of carbonyl (C=O) groups excluding carboxylic acids is 1. The molecule has 0 spiro atoms. The number of Topliss-reactive ketones (excluding diaryl/α,β-unsaturated/α-hetero) is 1. The third kappa shape index (κ3) is 3.07. The van der Waals surface area contributed by atoms with Crippen molar-refractivity contribution in [3.8, 4) is 5.75 Å². The van der Waals surface area contributed by atoms with Crippen LogP contribution in [0.5, 0.6) is 5.75 Å². The third-order valence-corrected chi connectivity index (χ3v) is 2.66. The minimum absolute atomic E-state index is 0.000139. The van der Waals surface area contributed by atoms with Crippen LogP contribution in [0.25, 0.3) is 0 Å². The molecular formula is C13H19NO2. The fourth-order valence-corrected chi connectivity index (χ4v) is 1.67. The Hall–Kier alpha value is -1.35. The lowest BCUT2D eigenvalue weighted by molar-refractivity contribution is 0.0920. The first-order chi connectivity index (χ1) is 7.70. The lowest BCUT2D eigenvalue weighted by atomic mass is 9.94. The van der Waals surface area contributed by atoms with Crippen molar-refractivity contribution < 1.29 is 9.53 Å². The van der Waals surface area contributed by atoms with Gasteiger partial charge in [-0.1, -0.05) is 19.1 Å². The summed E-state index contributed by atoms with van der Waals surface area (Å²) in [5.41, 5.74) is 6.10. The molecule has 1 aromatic carbocycles. The van der Waals surface area contributed by atoms with E-state index in [0.717, 1.165) is 12.8 Å². The van der Waals surface area contributed by atoms with Gasteiger partial charge in [0.25, 0.3) is 0 Å². The largest absolute Gasteiger partial charge is 0.496 e. The maximum atomic E-state index is 12.1. The van der Waals surface area contributed by atoms with Crippen LogP contribution in [0.2, 0.25) is 0 Å². The van der Waals surface area contributed by atoms with Gasteiger partial charge in [0.1, 0.15) is 5.75 Å². The third-order valence-electron chi connectivity index (χ3n) is 2.66. The summed E-state index contributed by atoms with van der Waals surface area (Å²) in [6.07, 6.45) is 1.70. The monoisotopic (exact) mass is 221 g/mol. The highest BCUT2D eigenvalue weighted by molar-refractivity contribution is 6.00. The summed E-state index contributed by atoms with van der Waals surface area (Å²) in [6.45, 7) is 2.56. The maximum absolute atomic E-state index is 12.1. The average Bonchev–Trinajstić information content (AvgIpc) is 2.34. The quantitative estimate of drug-likeness (QED) is 0.750. The van der Waals surface area contributed by atoms with Crippen LogP contribution in [0.1, 0.15) is 30.1 Å². The van der Waals surface area contributed by atoms with Crippen LogP contribution in [0.4, 0.5) is 0 Å². The van der Waals surface area contributed by atoms with Crippen molar-refractivity contribution >= 4 is 5.78 Å².